The molecular weight excluding hydrogens is 695 g/mol. The van der Waals surface area contributed by atoms with Crippen LogP contribution in [0.15, 0.2) is 57.6 Å². The monoisotopic (exact) mass is 746 g/mol. The van der Waals surface area contributed by atoms with Crippen molar-refractivity contribution in [1.82, 2.24) is 9.76 Å². The lowest BCUT2D eigenvalue weighted by Crippen LogP contribution is -2.48. The van der Waals surface area contributed by atoms with Gasteiger partial charge in [-0.1, -0.05) is 58.7 Å². The van der Waals surface area contributed by atoms with E-state index in [1.807, 2.05) is 13.8 Å². The number of aliphatic imine (C=N–C) groups is 2. The molecule has 1 aliphatic rings. The molecule has 1 fully saturated rings. The van der Waals surface area contributed by atoms with Gasteiger partial charge < -0.3 is 29.2 Å². The van der Waals surface area contributed by atoms with Crippen LogP contribution in [-0.2, 0) is 48.0 Å². The Labute approximate surface area is 304 Å². The molecule has 0 unspecified atom stereocenters. The molecule has 0 bridgehead atoms. The highest BCUT2D eigenvalue weighted by molar-refractivity contribution is 7.52. The van der Waals surface area contributed by atoms with Gasteiger partial charge >= 0.3 is 25.7 Å². The number of benzene rings is 1. The molecule has 3 rings (SSSR count). The van der Waals surface area contributed by atoms with E-state index >= 15 is 0 Å². The second kappa shape index (κ2) is 19.5. The maximum Gasteiger partial charge on any atom is 0.459 e. The summed E-state index contributed by atoms with van der Waals surface area (Å²) in [4.78, 5) is 47.1. The van der Waals surface area contributed by atoms with E-state index < -0.39 is 62.2 Å². The minimum atomic E-state index is -4.42. The lowest BCUT2D eigenvalue weighted by Gasteiger charge is -2.32. The van der Waals surface area contributed by atoms with E-state index in [4.69, 9.17) is 33.7 Å². The molecule has 0 saturated carbocycles. The molecule has 6 atom stereocenters. The molecule has 1 aromatic carbocycles. The molecular formula is C35H51N6O10P. The van der Waals surface area contributed by atoms with Crippen LogP contribution in [0, 0.1) is 5.92 Å². The van der Waals surface area contributed by atoms with Crippen LogP contribution in [0.2, 0.25) is 0 Å². The van der Waals surface area contributed by atoms with E-state index in [0.717, 1.165) is 12.8 Å². The van der Waals surface area contributed by atoms with Crippen LogP contribution < -0.4 is 15.3 Å². The van der Waals surface area contributed by atoms with Gasteiger partial charge in [0.1, 0.15) is 29.4 Å². The zero-order chi connectivity index (χ0) is 38.5. The average molecular weight is 747 g/mol. The van der Waals surface area contributed by atoms with Crippen molar-refractivity contribution in [3.63, 3.8) is 0 Å². The van der Waals surface area contributed by atoms with Crippen molar-refractivity contribution in [2.24, 2.45) is 26.7 Å². The van der Waals surface area contributed by atoms with Crippen molar-refractivity contribution in [3.05, 3.63) is 53.9 Å². The maximum atomic E-state index is 14.5. The average Bonchev–Trinajstić information content (AvgIpc) is 3.70. The Hall–Kier alpha value is -4.37. The van der Waals surface area contributed by atoms with Crippen molar-refractivity contribution in [3.8, 4) is 5.75 Å². The van der Waals surface area contributed by atoms with Gasteiger partial charge in [-0.3, -0.25) is 28.9 Å². The molecule has 0 amide bonds. The van der Waals surface area contributed by atoms with Gasteiger partial charge in [0.15, 0.2) is 17.8 Å². The Kier molecular flexibility index (Phi) is 15.7. The van der Waals surface area contributed by atoms with Crippen molar-refractivity contribution in [2.75, 3.05) is 27.3 Å². The number of amidine groups is 1. The second-order valence-electron chi connectivity index (χ2n) is 11.9. The molecule has 0 spiro atoms. The normalized spacial score (nSPS) is 22.2. The number of carbonyl (C=O) groups is 3. The first-order valence-electron chi connectivity index (χ1n) is 17.2. The van der Waals surface area contributed by atoms with E-state index in [1.165, 1.54) is 31.9 Å². The highest BCUT2D eigenvalue weighted by Crippen LogP contribution is 2.48. The third kappa shape index (κ3) is 10.1. The number of esters is 3. The molecule has 286 valence electrons. The fourth-order valence-corrected chi connectivity index (χ4v) is 6.98. The molecule has 0 aliphatic carbocycles. The van der Waals surface area contributed by atoms with Gasteiger partial charge in [-0.2, -0.15) is 10.2 Å². The van der Waals surface area contributed by atoms with Crippen molar-refractivity contribution in [2.45, 2.75) is 90.3 Å². The highest BCUT2D eigenvalue weighted by atomic mass is 31.2. The van der Waals surface area contributed by atoms with E-state index in [1.54, 1.807) is 56.3 Å². The van der Waals surface area contributed by atoms with Crippen LogP contribution in [0.4, 0.5) is 0 Å². The Morgan fingerprint density at radius 2 is 1.71 bits per heavy atom. The van der Waals surface area contributed by atoms with Crippen LogP contribution in [0.5, 0.6) is 5.75 Å². The molecule has 2 aromatic rings. The van der Waals surface area contributed by atoms with Crippen LogP contribution in [0.1, 0.15) is 71.7 Å². The summed E-state index contributed by atoms with van der Waals surface area (Å²) in [5.41, 5.74) is 4.97. The Balaban J connectivity index is 2.10. The van der Waals surface area contributed by atoms with Gasteiger partial charge in [0, 0.05) is 39.9 Å². The fourth-order valence-electron chi connectivity index (χ4n) is 5.48. The molecule has 3 N–H and O–H groups in total. The third-order valence-electron chi connectivity index (χ3n) is 8.46. The summed E-state index contributed by atoms with van der Waals surface area (Å²) in [6, 6.07) is 10.3. The van der Waals surface area contributed by atoms with Gasteiger partial charge in [-0.25, -0.2) is 9.24 Å². The van der Waals surface area contributed by atoms with E-state index in [0.29, 0.717) is 5.69 Å². The summed E-state index contributed by atoms with van der Waals surface area (Å²) in [7, 11) is -1.44. The van der Waals surface area contributed by atoms with Crippen LogP contribution in [0.3, 0.4) is 0 Å². The molecule has 2 heterocycles. The lowest BCUT2D eigenvalue weighted by molar-refractivity contribution is -0.168. The van der Waals surface area contributed by atoms with Crippen LogP contribution in [-0.4, -0.2) is 93.0 Å². The van der Waals surface area contributed by atoms with E-state index in [9.17, 15) is 18.9 Å². The number of hydrogen-bond acceptors (Lipinski definition) is 13. The number of nitrogens with one attached hydrogen (secondary N) is 1. The quantitative estimate of drug-likeness (QED) is 0.0637. The number of aromatic nitrogens is 1. The summed E-state index contributed by atoms with van der Waals surface area (Å²) in [6.07, 6.45) is -0.987. The predicted molar refractivity (Wildman–Crippen MR) is 196 cm³/mol. The minimum absolute atomic E-state index is 0.0256. The van der Waals surface area contributed by atoms with E-state index in [2.05, 4.69) is 26.9 Å². The summed E-state index contributed by atoms with van der Waals surface area (Å²) in [5.74, 6) is -1.47. The smallest absolute Gasteiger partial charge is 0.459 e. The largest absolute Gasteiger partial charge is 0.464 e. The fraction of sp³-hybridized carbons (Fsp3) is 0.543. The highest BCUT2D eigenvalue weighted by Gasteiger charge is 2.61. The van der Waals surface area contributed by atoms with Gasteiger partial charge in [0.2, 0.25) is 0 Å². The van der Waals surface area contributed by atoms with Crippen molar-refractivity contribution in [1.29, 1.82) is 0 Å². The lowest BCUT2D eigenvalue weighted by atomic mass is 9.91. The van der Waals surface area contributed by atoms with E-state index in [-0.39, 0.29) is 42.6 Å². The summed E-state index contributed by atoms with van der Waals surface area (Å²) in [6.45, 7) is 12.0. The Bertz CT molecular complexity index is 1630. The molecule has 16 nitrogen and oxygen atoms in total. The maximum absolute atomic E-state index is 14.5. The molecule has 52 heavy (non-hydrogen) atoms. The molecule has 1 aliphatic heterocycles. The second-order valence-corrected chi connectivity index (χ2v) is 13.6. The zero-order valence-corrected chi connectivity index (χ0v) is 31.7. The van der Waals surface area contributed by atoms with Crippen molar-refractivity contribution < 1.29 is 46.9 Å². The Morgan fingerprint density at radius 3 is 2.29 bits per heavy atom. The molecule has 0 radical (unpaired) electrons. The number of carbonyl (C=O) groups excluding carboxylic acids is 3. The van der Waals surface area contributed by atoms with Crippen molar-refractivity contribution >= 4 is 44.4 Å². The number of nitrogens with two attached hydrogens (primary N) is 1. The summed E-state index contributed by atoms with van der Waals surface area (Å²) in [5, 5.41) is 6.79. The topological polar surface area (TPSA) is 204 Å². The number of rotatable bonds is 20. The summed E-state index contributed by atoms with van der Waals surface area (Å²) >= 11 is 0. The molecule has 1 aromatic heterocycles. The predicted octanol–water partition coefficient (Wildman–Crippen LogP) is 4.39. The summed E-state index contributed by atoms with van der Waals surface area (Å²) < 4.78 is 51.6. The SMILES string of the molecule is C=Nn1c(/C(N)=N\C)ccc1[C@]1(/C=N\C)O[C@H](CO[P@@](=O)(N[C@@H](C)C(=O)OCC(CC)CC)Oc2ccccc2)[C@@H](OC(=O)CC)[C@H]1OC(=O)CC. The molecule has 17 heteroatoms. The third-order valence-corrected chi connectivity index (χ3v) is 10.1. The van der Waals surface area contributed by atoms with Gasteiger partial charge in [0.05, 0.1) is 18.9 Å². The number of nitrogens with zero attached hydrogens (tertiary/aromatic N) is 4. The van der Waals surface area contributed by atoms with Gasteiger partial charge in [0.25, 0.3) is 0 Å². The Morgan fingerprint density at radius 1 is 1.06 bits per heavy atom. The van der Waals surface area contributed by atoms with Gasteiger partial charge in [-0.15, -0.1) is 0 Å². The number of para-hydroxylation sites is 1. The van der Waals surface area contributed by atoms with Gasteiger partial charge in [-0.05, 0) is 37.1 Å². The molecule has 1 saturated heterocycles. The number of hydrogen-bond donors (Lipinski definition) is 2. The standard InChI is InChI=1S/C35H51N6O10P/c1-9-24(10-2)20-46-34(44)23(5)40-52(45,51-25-16-14-13-15-17-25)47-21-27-31(48-29(42)11-3)32(49-30(43)12-4)35(50-27,22-37-6)28-19-18-26(33(36)38-7)41(28)39-8/h13-19,22-24,27,31-32H,8-12,20-21H2,1-7H3,(H2,36,38)(H,40,45)/b37-22-/t23-,27+,31+,32+,35-,52-/m0/s1. The van der Waals surface area contributed by atoms with Crippen LogP contribution >= 0.6 is 7.75 Å². The number of ether oxygens (including phenoxy) is 4. The first-order valence-corrected chi connectivity index (χ1v) is 18.7. The minimum Gasteiger partial charge on any atom is -0.464 e. The zero-order valence-electron chi connectivity index (χ0n) is 30.9. The first-order chi connectivity index (χ1) is 24.8. The van der Waals surface area contributed by atoms with Crippen LogP contribution in [0.25, 0.3) is 0 Å². The first kappa shape index (κ1) is 42.0.